The van der Waals surface area contributed by atoms with Gasteiger partial charge in [-0.05, 0) is 22.6 Å². The maximum absolute atomic E-state index is 13.7. The van der Waals surface area contributed by atoms with Gasteiger partial charge in [0.25, 0.3) is 0 Å². The van der Waals surface area contributed by atoms with Crippen molar-refractivity contribution in [1.29, 1.82) is 0 Å². The first kappa shape index (κ1) is 26.6. The smallest absolute Gasteiger partial charge is 0.326 e. The van der Waals surface area contributed by atoms with Crippen LogP contribution in [-0.4, -0.2) is 76.4 Å². The monoisotopic (exact) mass is 525 g/mol. The predicted molar refractivity (Wildman–Crippen MR) is 149 cm³/mol. The molecular formula is C32H35N3O4. The molecule has 2 unspecified atom stereocenters. The van der Waals surface area contributed by atoms with Crippen LogP contribution in [0.5, 0.6) is 0 Å². The van der Waals surface area contributed by atoms with E-state index in [1.54, 1.807) is 25.8 Å². The van der Waals surface area contributed by atoms with Crippen LogP contribution in [0, 0.1) is 11.8 Å². The number of carboxylic acids is 1. The number of carbonyl (C=O) groups excluding carboxylic acids is 2. The largest absolute Gasteiger partial charge is 0.480 e. The van der Waals surface area contributed by atoms with E-state index in [1.807, 2.05) is 54.6 Å². The lowest BCUT2D eigenvalue weighted by Gasteiger charge is -2.42. The fraction of sp³-hybridized carbons (Fsp3) is 0.344. The first-order chi connectivity index (χ1) is 18.8. The molecule has 2 amide bonds. The molecule has 0 spiro atoms. The third-order valence-electron chi connectivity index (χ3n) is 8.09. The van der Waals surface area contributed by atoms with Gasteiger partial charge < -0.3 is 14.9 Å². The molecule has 7 heteroatoms. The molecule has 39 heavy (non-hydrogen) atoms. The summed E-state index contributed by atoms with van der Waals surface area (Å²) in [5.41, 5.74) is 2.62. The Hall–Kier alpha value is -3.97. The van der Waals surface area contributed by atoms with Gasteiger partial charge in [-0.25, -0.2) is 4.79 Å². The van der Waals surface area contributed by atoms with E-state index in [4.69, 9.17) is 0 Å². The minimum atomic E-state index is -1.01. The van der Waals surface area contributed by atoms with Crippen LogP contribution < -0.4 is 0 Å². The molecule has 0 aromatic heterocycles. The summed E-state index contributed by atoms with van der Waals surface area (Å²) in [6.07, 6.45) is 0. The average molecular weight is 526 g/mol. The molecule has 3 atom stereocenters. The number of hydrogen-bond acceptors (Lipinski definition) is 4. The Morgan fingerprint density at radius 2 is 1.23 bits per heavy atom. The molecule has 5 rings (SSSR count). The molecule has 0 saturated carbocycles. The van der Waals surface area contributed by atoms with Crippen LogP contribution >= 0.6 is 0 Å². The minimum Gasteiger partial charge on any atom is -0.480 e. The number of hydrogen-bond donors (Lipinski definition) is 1. The van der Waals surface area contributed by atoms with Crippen LogP contribution in [0.2, 0.25) is 0 Å². The summed E-state index contributed by atoms with van der Waals surface area (Å²) >= 11 is 0. The van der Waals surface area contributed by atoms with Gasteiger partial charge in [0, 0.05) is 26.7 Å². The molecule has 2 saturated heterocycles. The van der Waals surface area contributed by atoms with Gasteiger partial charge in [-0.3, -0.25) is 14.5 Å². The summed E-state index contributed by atoms with van der Waals surface area (Å²) in [7, 11) is 1.54. The molecule has 3 aromatic carbocycles. The molecule has 2 aliphatic heterocycles. The van der Waals surface area contributed by atoms with Crippen molar-refractivity contribution in [3.05, 3.63) is 108 Å². The summed E-state index contributed by atoms with van der Waals surface area (Å²) in [4.78, 5) is 43.7. The van der Waals surface area contributed by atoms with Crippen LogP contribution in [0.25, 0.3) is 0 Å². The summed E-state index contributed by atoms with van der Waals surface area (Å²) in [6.45, 7) is 4.80. The quantitative estimate of drug-likeness (QED) is 0.341. The molecular weight excluding hydrogens is 490 g/mol. The van der Waals surface area contributed by atoms with Gasteiger partial charge in [0.15, 0.2) is 0 Å². The fourth-order valence-corrected chi connectivity index (χ4v) is 6.11. The lowest BCUT2D eigenvalue weighted by atomic mass is 9.76. The van der Waals surface area contributed by atoms with Crippen LogP contribution in [0.4, 0.5) is 0 Å². The maximum Gasteiger partial charge on any atom is 0.326 e. The summed E-state index contributed by atoms with van der Waals surface area (Å²) in [5, 5.41) is 9.58. The Labute approximate surface area is 229 Å². The zero-order valence-corrected chi connectivity index (χ0v) is 22.6. The summed E-state index contributed by atoms with van der Waals surface area (Å²) in [6, 6.07) is 29.6. The molecule has 0 radical (unpaired) electrons. The molecule has 7 nitrogen and oxygen atoms in total. The van der Waals surface area contributed by atoms with Crippen LogP contribution in [-0.2, 0) is 19.9 Å². The van der Waals surface area contributed by atoms with E-state index in [0.717, 1.165) is 16.7 Å². The molecule has 202 valence electrons. The summed E-state index contributed by atoms with van der Waals surface area (Å²) in [5.74, 6) is -1.82. The predicted octanol–water partition coefficient (Wildman–Crippen LogP) is 3.69. The van der Waals surface area contributed by atoms with Gasteiger partial charge in [0.2, 0.25) is 11.8 Å². The van der Waals surface area contributed by atoms with Gasteiger partial charge in [-0.15, -0.1) is 0 Å². The standard InChI is InChI=1S/C32H35N3O4/c1-22(2)28(31(38)39)33(3)29(36)23-19-34(20-23)30(37)27-21-35(27)32(24-13-7-4-8-14-24,25-15-9-5-10-16-25)26-17-11-6-12-18-26/h4-18,22-23,27-28H,19-21H2,1-3H3,(H,38,39)/t27?,28-,35?/m0/s1. The first-order valence-electron chi connectivity index (χ1n) is 13.5. The minimum absolute atomic E-state index is 0.00696. The van der Waals surface area contributed by atoms with E-state index >= 15 is 0 Å². The Balaban J connectivity index is 1.39. The normalized spacial score (nSPS) is 19.7. The van der Waals surface area contributed by atoms with Crippen molar-refractivity contribution in [2.45, 2.75) is 31.5 Å². The number of amides is 2. The second-order valence-electron chi connectivity index (χ2n) is 10.9. The Morgan fingerprint density at radius 3 is 1.62 bits per heavy atom. The molecule has 2 heterocycles. The number of carboxylic acid groups (broad SMARTS) is 1. The Bertz CT molecular complexity index is 1230. The van der Waals surface area contributed by atoms with E-state index in [2.05, 4.69) is 41.3 Å². The van der Waals surface area contributed by atoms with Crippen molar-refractivity contribution in [2.24, 2.45) is 11.8 Å². The highest BCUT2D eigenvalue weighted by Crippen LogP contribution is 2.48. The number of carbonyl (C=O) groups is 3. The lowest BCUT2D eigenvalue weighted by molar-refractivity contribution is -0.157. The topological polar surface area (TPSA) is 80.9 Å². The molecule has 2 aliphatic rings. The number of nitrogens with zero attached hydrogens (tertiary/aromatic N) is 3. The van der Waals surface area contributed by atoms with Gasteiger partial charge in [0.05, 0.1) is 11.5 Å². The SMILES string of the molecule is CC(C)[C@@H](C(=O)O)N(C)C(=O)C1CN(C(=O)C2CN2C(c2ccccc2)(c2ccccc2)c2ccccc2)C1. The number of likely N-dealkylation sites (N-methyl/N-ethyl adjacent to an activating group) is 1. The average Bonchev–Trinajstić information content (AvgIpc) is 3.71. The highest BCUT2D eigenvalue weighted by Gasteiger charge is 2.58. The number of likely N-dealkylation sites (tertiary alicyclic amines) is 1. The van der Waals surface area contributed by atoms with Crippen molar-refractivity contribution >= 4 is 17.8 Å². The molecule has 2 fully saturated rings. The molecule has 0 bridgehead atoms. The first-order valence-corrected chi connectivity index (χ1v) is 13.5. The van der Waals surface area contributed by atoms with E-state index in [0.29, 0.717) is 19.6 Å². The summed E-state index contributed by atoms with van der Waals surface area (Å²) < 4.78 is 0. The van der Waals surface area contributed by atoms with Gasteiger partial charge in [-0.2, -0.15) is 0 Å². The van der Waals surface area contributed by atoms with Crippen LogP contribution in [0.15, 0.2) is 91.0 Å². The Morgan fingerprint density at radius 1 is 0.795 bits per heavy atom. The zero-order chi connectivity index (χ0) is 27.7. The van der Waals surface area contributed by atoms with Crippen molar-refractivity contribution in [3.8, 4) is 0 Å². The Kier molecular flexibility index (Phi) is 7.28. The van der Waals surface area contributed by atoms with E-state index in [1.165, 1.54) is 4.90 Å². The molecule has 0 aliphatic carbocycles. The van der Waals surface area contributed by atoms with Crippen molar-refractivity contribution in [3.63, 3.8) is 0 Å². The van der Waals surface area contributed by atoms with Crippen LogP contribution in [0.1, 0.15) is 30.5 Å². The second-order valence-corrected chi connectivity index (χ2v) is 10.9. The number of benzene rings is 3. The molecule has 1 N–H and O–H groups in total. The van der Waals surface area contributed by atoms with Crippen molar-refractivity contribution < 1.29 is 19.5 Å². The fourth-order valence-electron chi connectivity index (χ4n) is 6.11. The van der Waals surface area contributed by atoms with Crippen molar-refractivity contribution in [1.82, 2.24) is 14.7 Å². The highest BCUT2D eigenvalue weighted by atomic mass is 16.4. The van der Waals surface area contributed by atoms with E-state index < -0.39 is 17.6 Å². The number of aliphatic carboxylic acids is 1. The van der Waals surface area contributed by atoms with Gasteiger partial charge in [0.1, 0.15) is 12.1 Å². The zero-order valence-electron chi connectivity index (χ0n) is 22.6. The highest BCUT2D eigenvalue weighted by molar-refractivity contribution is 5.90. The number of rotatable bonds is 9. The van der Waals surface area contributed by atoms with Crippen LogP contribution in [0.3, 0.4) is 0 Å². The third kappa shape index (κ3) is 4.72. The van der Waals surface area contributed by atoms with Gasteiger partial charge >= 0.3 is 5.97 Å². The van der Waals surface area contributed by atoms with Gasteiger partial charge in [-0.1, -0.05) is 105 Å². The van der Waals surface area contributed by atoms with Crippen molar-refractivity contribution in [2.75, 3.05) is 26.7 Å². The second kappa shape index (κ2) is 10.7. The van der Waals surface area contributed by atoms with E-state index in [9.17, 15) is 19.5 Å². The van der Waals surface area contributed by atoms with E-state index in [-0.39, 0.29) is 29.7 Å². The maximum atomic E-state index is 13.7. The lowest BCUT2D eigenvalue weighted by Crippen LogP contribution is -2.59. The molecule has 3 aromatic rings. The third-order valence-corrected chi connectivity index (χ3v) is 8.09.